The van der Waals surface area contributed by atoms with Gasteiger partial charge in [0.15, 0.2) is 5.96 Å². The van der Waals surface area contributed by atoms with E-state index in [4.69, 9.17) is 14.1 Å². The van der Waals surface area contributed by atoms with Crippen LogP contribution >= 0.6 is 24.0 Å². The molecule has 2 heterocycles. The third kappa shape index (κ3) is 4.42. The van der Waals surface area contributed by atoms with E-state index < -0.39 is 0 Å². The van der Waals surface area contributed by atoms with Gasteiger partial charge < -0.3 is 19.8 Å². The Morgan fingerprint density at radius 1 is 1.33 bits per heavy atom. The molecule has 1 atom stereocenters. The molecule has 0 bridgehead atoms. The van der Waals surface area contributed by atoms with Crippen LogP contribution in [0.1, 0.15) is 32.6 Å². The summed E-state index contributed by atoms with van der Waals surface area (Å²) in [4.78, 5) is 4.70. The van der Waals surface area contributed by atoms with Gasteiger partial charge in [-0.05, 0) is 26.0 Å². The van der Waals surface area contributed by atoms with Gasteiger partial charge in [0.25, 0.3) is 0 Å². The molecule has 1 aromatic carbocycles. The van der Waals surface area contributed by atoms with E-state index in [0.717, 1.165) is 49.0 Å². The average Bonchev–Trinajstić information content (AvgIpc) is 2.95. The molecule has 0 spiro atoms. The van der Waals surface area contributed by atoms with Crippen LogP contribution in [-0.2, 0) is 4.74 Å². The van der Waals surface area contributed by atoms with Gasteiger partial charge in [-0.15, -0.1) is 24.0 Å². The predicted molar refractivity (Wildman–Crippen MR) is 108 cm³/mol. The van der Waals surface area contributed by atoms with Crippen LogP contribution in [0.25, 0.3) is 11.0 Å². The number of para-hydroxylation sites is 1. The van der Waals surface area contributed by atoms with E-state index in [1.807, 2.05) is 18.2 Å². The van der Waals surface area contributed by atoms with E-state index in [2.05, 4.69) is 43.5 Å². The van der Waals surface area contributed by atoms with Crippen LogP contribution in [-0.4, -0.2) is 32.3 Å². The summed E-state index contributed by atoms with van der Waals surface area (Å²) in [5.74, 6) is 1.73. The van der Waals surface area contributed by atoms with Crippen molar-refractivity contribution < 1.29 is 9.15 Å². The highest BCUT2D eigenvalue weighted by Gasteiger charge is 2.33. The number of hydrogen-bond donors (Lipinski definition) is 2. The summed E-state index contributed by atoms with van der Waals surface area (Å²) in [5, 5.41) is 7.84. The molecule has 24 heavy (non-hydrogen) atoms. The van der Waals surface area contributed by atoms with Crippen LogP contribution in [0, 0.1) is 5.41 Å². The second-order valence-electron chi connectivity index (χ2n) is 6.55. The topological polar surface area (TPSA) is 58.8 Å². The molecular formula is C18H26IN3O2. The SMILES string of the molecule is CCNC(=NCC1(C)COC1)NC(C)c1cc2ccccc2o1.I. The lowest BCUT2D eigenvalue weighted by Gasteiger charge is -2.36. The first kappa shape index (κ1) is 19.1. The molecule has 0 radical (unpaired) electrons. The number of hydrogen-bond acceptors (Lipinski definition) is 3. The largest absolute Gasteiger partial charge is 0.459 e. The van der Waals surface area contributed by atoms with Crippen molar-refractivity contribution in [1.29, 1.82) is 0 Å². The average molecular weight is 443 g/mol. The molecular weight excluding hydrogens is 417 g/mol. The zero-order chi connectivity index (χ0) is 16.3. The predicted octanol–water partition coefficient (Wildman–Crippen LogP) is 3.70. The van der Waals surface area contributed by atoms with Crippen molar-refractivity contribution in [2.45, 2.75) is 26.8 Å². The fourth-order valence-corrected chi connectivity index (χ4v) is 2.62. The summed E-state index contributed by atoms with van der Waals surface area (Å²) in [6.45, 7) is 9.51. The zero-order valence-corrected chi connectivity index (χ0v) is 16.8. The summed E-state index contributed by atoms with van der Waals surface area (Å²) in [6, 6.07) is 10.2. The quantitative estimate of drug-likeness (QED) is 0.421. The number of nitrogens with zero attached hydrogens (tertiary/aromatic N) is 1. The normalized spacial score (nSPS) is 17.7. The minimum absolute atomic E-state index is 0. The summed E-state index contributed by atoms with van der Waals surface area (Å²) in [7, 11) is 0. The molecule has 1 aromatic heterocycles. The molecule has 2 aromatic rings. The lowest BCUT2D eigenvalue weighted by molar-refractivity contribution is -0.0945. The maximum absolute atomic E-state index is 5.92. The Morgan fingerprint density at radius 2 is 2.08 bits per heavy atom. The van der Waals surface area contributed by atoms with Gasteiger partial charge in [-0.25, -0.2) is 0 Å². The Kier molecular flexibility index (Phi) is 6.51. The number of benzene rings is 1. The van der Waals surface area contributed by atoms with E-state index in [9.17, 15) is 0 Å². The standard InChI is InChI=1S/C18H25N3O2.HI/c1-4-19-17(20-10-18(3)11-22-12-18)21-13(2)16-9-14-7-5-6-8-15(14)23-16;/h5-9,13H,4,10-12H2,1-3H3,(H2,19,20,21);1H. The Labute approximate surface area is 160 Å². The molecule has 1 aliphatic heterocycles. The first-order chi connectivity index (χ1) is 11.1. The van der Waals surface area contributed by atoms with Gasteiger partial charge in [0.2, 0.25) is 0 Å². The highest BCUT2D eigenvalue weighted by atomic mass is 127. The van der Waals surface area contributed by atoms with Crippen molar-refractivity contribution in [2.24, 2.45) is 10.4 Å². The molecule has 0 aliphatic carbocycles. The second-order valence-corrected chi connectivity index (χ2v) is 6.55. The number of rotatable bonds is 5. The van der Waals surface area contributed by atoms with E-state index in [1.165, 1.54) is 0 Å². The summed E-state index contributed by atoms with van der Waals surface area (Å²) in [5.41, 5.74) is 1.09. The van der Waals surface area contributed by atoms with E-state index in [0.29, 0.717) is 0 Å². The number of nitrogens with one attached hydrogen (secondary N) is 2. The van der Waals surface area contributed by atoms with Gasteiger partial charge in [-0.3, -0.25) is 4.99 Å². The van der Waals surface area contributed by atoms with Gasteiger partial charge in [0.05, 0.1) is 25.8 Å². The van der Waals surface area contributed by atoms with Crippen LogP contribution in [0.5, 0.6) is 0 Å². The smallest absolute Gasteiger partial charge is 0.191 e. The molecule has 1 aliphatic rings. The van der Waals surface area contributed by atoms with Gasteiger partial charge in [-0.2, -0.15) is 0 Å². The molecule has 2 N–H and O–H groups in total. The molecule has 5 nitrogen and oxygen atoms in total. The first-order valence-electron chi connectivity index (χ1n) is 8.21. The third-order valence-electron chi connectivity index (χ3n) is 4.09. The summed E-state index contributed by atoms with van der Waals surface area (Å²) >= 11 is 0. The number of ether oxygens (including phenoxy) is 1. The lowest BCUT2D eigenvalue weighted by atomic mass is 9.89. The van der Waals surface area contributed by atoms with Crippen LogP contribution in [0.4, 0.5) is 0 Å². The van der Waals surface area contributed by atoms with Crippen molar-refractivity contribution in [2.75, 3.05) is 26.3 Å². The fourth-order valence-electron chi connectivity index (χ4n) is 2.62. The van der Waals surface area contributed by atoms with Crippen LogP contribution in [0.3, 0.4) is 0 Å². The van der Waals surface area contributed by atoms with Gasteiger partial charge in [0, 0.05) is 17.3 Å². The molecule has 0 saturated carbocycles. The Morgan fingerprint density at radius 3 is 2.71 bits per heavy atom. The minimum atomic E-state index is 0. The van der Waals surface area contributed by atoms with Crippen molar-refractivity contribution in [3.63, 3.8) is 0 Å². The Balaban J connectivity index is 0.00000208. The summed E-state index contributed by atoms with van der Waals surface area (Å²) in [6.07, 6.45) is 0. The Bertz CT molecular complexity index is 661. The third-order valence-corrected chi connectivity index (χ3v) is 4.09. The summed E-state index contributed by atoms with van der Waals surface area (Å²) < 4.78 is 11.2. The van der Waals surface area contributed by atoms with Gasteiger partial charge in [-0.1, -0.05) is 25.1 Å². The van der Waals surface area contributed by atoms with Crippen LogP contribution in [0.15, 0.2) is 39.7 Å². The number of furan rings is 1. The highest BCUT2D eigenvalue weighted by Crippen LogP contribution is 2.27. The number of aliphatic imine (C=N–C) groups is 1. The van der Waals surface area contributed by atoms with Crippen molar-refractivity contribution >= 4 is 40.9 Å². The molecule has 1 unspecified atom stereocenters. The van der Waals surface area contributed by atoms with Crippen LogP contribution < -0.4 is 10.6 Å². The van der Waals surface area contributed by atoms with Gasteiger partial charge in [0.1, 0.15) is 11.3 Å². The number of guanidine groups is 1. The molecule has 0 amide bonds. The van der Waals surface area contributed by atoms with E-state index in [1.54, 1.807) is 0 Å². The van der Waals surface area contributed by atoms with Gasteiger partial charge >= 0.3 is 0 Å². The zero-order valence-electron chi connectivity index (χ0n) is 14.5. The fraction of sp³-hybridized carbons (Fsp3) is 0.500. The van der Waals surface area contributed by atoms with E-state index in [-0.39, 0.29) is 35.4 Å². The van der Waals surface area contributed by atoms with E-state index >= 15 is 0 Å². The number of halogens is 1. The highest BCUT2D eigenvalue weighted by molar-refractivity contribution is 14.0. The second kappa shape index (κ2) is 8.20. The van der Waals surface area contributed by atoms with Crippen molar-refractivity contribution in [3.05, 3.63) is 36.1 Å². The molecule has 1 saturated heterocycles. The molecule has 132 valence electrons. The molecule has 3 rings (SSSR count). The van der Waals surface area contributed by atoms with Crippen LogP contribution in [0.2, 0.25) is 0 Å². The lowest BCUT2D eigenvalue weighted by Crippen LogP contribution is -2.44. The maximum atomic E-state index is 5.92. The molecule has 6 heteroatoms. The minimum Gasteiger partial charge on any atom is -0.459 e. The van der Waals surface area contributed by atoms with Crippen molar-refractivity contribution in [1.82, 2.24) is 10.6 Å². The maximum Gasteiger partial charge on any atom is 0.191 e. The Hall–Kier alpha value is -1.28. The molecule has 1 fully saturated rings. The van der Waals surface area contributed by atoms with Crippen molar-refractivity contribution in [3.8, 4) is 0 Å². The monoisotopic (exact) mass is 443 g/mol. The first-order valence-corrected chi connectivity index (χ1v) is 8.21. The number of fused-ring (bicyclic) bond motifs is 1.